The fourth-order valence-electron chi connectivity index (χ4n) is 1.39. The highest BCUT2D eigenvalue weighted by Gasteiger charge is 2.12. The van der Waals surface area contributed by atoms with Gasteiger partial charge in [-0.25, -0.2) is 14.4 Å². The molecule has 0 bridgehead atoms. The van der Waals surface area contributed by atoms with Crippen LogP contribution in [0.25, 0.3) is 0 Å². The predicted molar refractivity (Wildman–Crippen MR) is 67.3 cm³/mol. The van der Waals surface area contributed by atoms with Crippen molar-refractivity contribution in [2.24, 2.45) is 0 Å². The molecule has 0 saturated heterocycles. The average Bonchev–Trinajstić information content (AvgIpc) is 2.30. The molecule has 2 aromatic rings. The summed E-state index contributed by atoms with van der Waals surface area (Å²) in [4.78, 5) is 8.16. The number of nitrogens with zero attached hydrogens (tertiary/aromatic N) is 2. The second-order valence-electron chi connectivity index (χ2n) is 3.49. The summed E-state index contributed by atoms with van der Waals surface area (Å²) in [6, 6.07) is 5.87. The van der Waals surface area contributed by atoms with Crippen LogP contribution in [0.15, 0.2) is 34.3 Å². The standard InChI is InChI=1S/C11H11FN4OS/c12-7-3-1-2-6(5-17)10(7)18-11-15-8(13)4-9(14)16-11/h1-4,17H,5H2,(H4,13,14,15,16). The summed E-state index contributed by atoms with van der Waals surface area (Å²) in [5.74, 6) is -0.0186. The van der Waals surface area contributed by atoms with E-state index in [1.807, 2.05) is 0 Å². The fourth-order valence-corrected chi connectivity index (χ4v) is 2.31. The SMILES string of the molecule is Nc1cc(N)nc(Sc2c(F)cccc2CO)n1. The van der Waals surface area contributed by atoms with E-state index in [1.165, 1.54) is 18.2 Å². The summed E-state index contributed by atoms with van der Waals surface area (Å²) in [5, 5.41) is 9.40. The molecule has 0 aliphatic heterocycles. The van der Waals surface area contributed by atoms with Crippen LogP contribution < -0.4 is 11.5 Å². The molecule has 1 aromatic carbocycles. The van der Waals surface area contributed by atoms with Crippen LogP contribution in [0, 0.1) is 5.82 Å². The van der Waals surface area contributed by atoms with Crippen molar-refractivity contribution in [2.45, 2.75) is 16.7 Å². The molecule has 1 heterocycles. The molecule has 0 spiro atoms. The van der Waals surface area contributed by atoms with Gasteiger partial charge in [-0.2, -0.15) is 0 Å². The molecule has 1 aromatic heterocycles. The van der Waals surface area contributed by atoms with Crippen molar-refractivity contribution in [3.8, 4) is 0 Å². The molecule has 7 heteroatoms. The minimum atomic E-state index is -0.448. The van der Waals surface area contributed by atoms with E-state index in [1.54, 1.807) is 6.07 Å². The summed E-state index contributed by atoms with van der Waals surface area (Å²) in [5.41, 5.74) is 11.5. The van der Waals surface area contributed by atoms with Gasteiger partial charge in [-0.05, 0) is 23.4 Å². The van der Waals surface area contributed by atoms with Crippen molar-refractivity contribution in [1.82, 2.24) is 9.97 Å². The number of hydrogen-bond donors (Lipinski definition) is 3. The molecule has 5 nitrogen and oxygen atoms in total. The van der Waals surface area contributed by atoms with E-state index in [4.69, 9.17) is 16.6 Å². The molecule has 94 valence electrons. The van der Waals surface area contributed by atoms with Crippen LogP contribution >= 0.6 is 11.8 Å². The van der Waals surface area contributed by atoms with E-state index in [9.17, 15) is 4.39 Å². The molecule has 0 unspecified atom stereocenters. The quantitative estimate of drug-likeness (QED) is 0.727. The zero-order chi connectivity index (χ0) is 13.1. The number of aromatic nitrogens is 2. The van der Waals surface area contributed by atoms with E-state index in [-0.39, 0.29) is 28.3 Å². The highest BCUT2D eigenvalue weighted by atomic mass is 32.2. The Morgan fingerprint density at radius 3 is 2.50 bits per heavy atom. The first-order valence-corrected chi connectivity index (χ1v) is 5.88. The van der Waals surface area contributed by atoms with Crippen LogP contribution in [0.5, 0.6) is 0 Å². The Hall–Kier alpha value is -1.86. The normalized spacial score (nSPS) is 10.6. The number of aliphatic hydroxyl groups is 1. The molecule has 0 aliphatic carbocycles. The van der Waals surface area contributed by atoms with Gasteiger partial charge in [0.15, 0.2) is 5.16 Å². The van der Waals surface area contributed by atoms with Gasteiger partial charge in [0.2, 0.25) is 0 Å². The maximum Gasteiger partial charge on any atom is 0.196 e. The first-order chi connectivity index (χ1) is 8.60. The van der Waals surface area contributed by atoms with Gasteiger partial charge in [0, 0.05) is 6.07 Å². The smallest absolute Gasteiger partial charge is 0.196 e. The number of hydrogen-bond acceptors (Lipinski definition) is 6. The molecule has 0 amide bonds. The third-order valence-electron chi connectivity index (χ3n) is 2.16. The van der Waals surface area contributed by atoms with Crippen LogP contribution in [0.2, 0.25) is 0 Å². The van der Waals surface area contributed by atoms with Gasteiger partial charge in [-0.3, -0.25) is 0 Å². The van der Waals surface area contributed by atoms with Gasteiger partial charge in [-0.15, -0.1) is 0 Å². The number of benzene rings is 1. The second-order valence-corrected chi connectivity index (χ2v) is 4.47. The van der Waals surface area contributed by atoms with Crippen LogP contribution in [-0.2, 0) is 6.61 Å². The molecule has 0 saturated carbocycles. The summed E-state index contributed by atoms with van der Waals surface area (Å²) in [6.07, 6.45) is 0. The largest absolute Gasteiger partial charge is 0.392 e. The van der Waals surface area contributed by atoms with Gasteiger partial charge in [0.1, 0.15) is 17.5 Å². The maximum atomic E-state index is 13.7. The summed E-state index contributed by atoms with van der Waals surface area (Å²) < 4.78 is 13.7. The van der Waals surface area contributed by atoms with Gasteiger partial charge >= 0.3 is 0 Å². The number of halogens is 1. The third kappa shape index (κ3) is 2.69. The van der Waals surface area contributed by atoms with E-state index >= 15 is 0 Å². The summed E-state index contributed by atoms with van der Waals surface area (Å²) in [7, 11) is 0. The van der Waals surface area contributed by atoms with Crippen molar-refractivity contribution >= 4 is 23.4 Å². The monoisotopic (exact) mass is 266 g/mol. The first-order valence-electron chi connectivity index (χ1n) is 5.06. The lowest BCUT2D eigenvalue weighted by atomic mass is 10.2. The van der Waals surface area contributed by atoms with Crippen molar-refractivity contribution < 1.29 is 9.50 Å². The molecule has 0 atom stereocenters. The molecule has 18 heavy (non-hydrogen) atoms. The lowest BCUT2D eigenvalue weighted by Gasteiger charge is -2.07. The van der Waals surface area contributed by atoms with Crippen molar-refractivity contribution in [1.29, 1.82) is 0 Å². The topological polar surface area (TPSA) is 98.1 Å². The van der Waals surface area contributed by atoms with Gasteiger partial charge in [-0.1, -0.05) is 12.1 Å². The number of nitrogen functional groups attached to an aromatic ring is 2. The van der Waals surface area contributed by atoms with Crippen LogP contribution in [0.3, 0.4) is 0 Å². The third-order valence-corrected chi connectivity index (χ3v) is 3.18. The molecule has 0 radical (unpaired) electrons. The van der Waals surface area contributed by atoms with Crippen molar-refractivity contribution in [3.63, 3.8) is 0 Å². The summed E-state index contributed by atoms with van der Waals surface area (Å²) in [6.45, 7) is -0.266. The minimum absolute atomic E-state index is 0.215. The number of aliphatic hydroxyl groups excluding tert-OH is 1. The minimum Gasteiger partial charge on any atom is -0.392 e. The van der Waals surface area contributed by atoms with Crippen LogP contribution in [-0.4, -0.2) is 15.1 Å². The number of nitrogens with two attached hydrogens (primary N) is 2. The van der Waals surface area contributed by atoms with Gasteiger partial charge in [0.05, 0.1) is 11.5 Å². The molecule has 0 aliphatic rings. The first kappa shape index (κ1) is 12.6. The fraction of sp³-hybridized carbons (Fsp3) is 0.0909. The Bertz CT molecular complexity index is 559. The van der Waals surface area contributed by atoms with Gasteiger partial charge in [0.25, 0.3) is 0 Å². The van der Waals surface area contributed by atoms with Crippen LogP contribution in [0.4, 0.5) is 16.0 Å². The lowest BCUT2D eigenvalue weighted by molar-refractivity contribution is 0.277. The zero-order valence-corrected chi connectivity index (χ0v) is 10.1. The molecular formula is C11H11FN4OS. The van der Waals surface area contributed by atoms with E-state index in [2.05, 4.69) is 9.97 Å². The van der Waals surface area contributed by atoms with Crippen molar-refractivity contribution in [3.05, 3.63) is 35.6 Å². The van der Waals surface area contributed by atoms with Crippen molar-refractivity contribution in [2.75, 3.05) is 11.5 Å². The number of anilines is 2. The average molecular weight is 266 g/mol. The molecule has 5 N–H and O–H groups in total. The molecular weight excluding hydrogens is 255 g/mol. The maximum absolute atomic E-state index is 13.7. The van der Waals surface area contributed by atoms with E-state index in [0.717, 1.165) is 11.8 Å². The van der Waals surface area contributed by atoms with Gasteiger partial charge < -0.3 is 16.6 Å². The second kappa shape index (κ2) is 5.19. The van der Waals surface area contributed by atoms with Crippen LogP contribution in [0.1, 0.15) is 5.56 Å². The molecule has 0 fully saturated rings. The highest BCUT2D eigenvalue weighted by molar-refractivity contribution is 7.99. The van der Waals surface area contributed by atoms with E-state index < -0.39 is 5.82 Å². The zero-order valence-electron chi connectivity index (χ0n) is 9.30. The van der Waals surface area contributed by atoms with E-state index in [0.29, 0.717) is 5.56 Å². The Morgan fingerprint density at radius 1 is 1.22 bits per heavy atom. The highest BCUT2D eigenvalue weighted by Crippen LogP contribution is 2.31. The molecule has 2 rings (SSSR count). The Kier molecular flexibility index (Phi) is 3.63. The Balaban J connectivity index is 2.39. The Morgan fingerprint density at radius 2 is 1.89 bits per heavy atom. The summed E-state index contributed by atoms with van der Waals surface area (Å²) >= 11 is 0.977. The predicted octanol–water partition coefficient (Wildman–Crippen LogP) is 1.42. The number of rotatable bonds is 3. The lowest BCUT2D eigenvalue weighted by Crippen LogP contribution is -2.00. The Labute approximate surface area is 107 Å².